The predicted molar refractivity (Wildman–Crippen MR) is 91.1 cm³/mol. The van der Waals surface area contributed by atoms with Crippen molar-refractivity contribution in [2.45, 2.75) is 12.5 Å². The maximum Gasteiger partial charge on any atom is 0.270 e. The topological polar surface area (TPSA) is 92.5 Å². The Morgan fingerprint density at radius 3 is 2.64 bits per heavy atom. The molecule has 1 amide bonds. The van der Waals surface area contributed by atoms with Crippen LogP contribution in [0.25, 0.3) is 6.08 Å². The van der Waals surface area contributed by atoms with E-state index in [1.54, 1.807) is 6.07 Å². The van der Waals surface area contributed by atoms with E-state index in [2.05, 4.69) is 5.32 Å². The van der Waals surface area contributed by atoms with E-state index in [4.69, 9.17) is 0 Å². The third kappa shape index (κ3) is 5.22. The van der Waals surface area contributed by atoms with E-state index in [1.165, 1.54) is 61.5 Å². The summed E-state index contributed by atoms with van der Waals surface area (Å²) >= 11 is 0. The zero-order chi connectivity index (χ0) is 18.4. The number of nitro benzene ring substituents is 1. The molecule has 0 spiro atoms. The summed E-state index contributed by atoms with van der Waals surface area (Å²) in [6, 6.07) is 11.2. The number of nitrogens with zero attached hydrogens (tertiary/aromatic N) is 1. The average molecular weight is 344 g/mol. The van der Waals surface area contributed by atoms with E-state index in [0.29, 0.717) is 11.1 Å². The summed E-state index contributed by atoms with van der Waals surface area (Å²) in [5.74, 6) is -0.877. The van der Waals surface area contributed by atoms with Gasteiger partial charge < -0.3 is 10.4 Å². The molecule has 0 heterocycles. The highest BCUT2D eigenvalue weighted by atomic mass is 19.1. The van der Waals surface area contributed by atoms with Crippen LogP contribution in [-0.4, -0.2) is 22.5 Å². The smallest absolute Gasteiger partial charge is 0.270 e. The minimum Gasteiger partial charge on any atom is -0.384 e. The van der Waals surface area contributed by atoms with Gasteiger partial charge in [0.25, 0.3) is 5.69 Å². The molecule has 7 heteroatoms. The van der Waals surface area contributed by atoms with Gasteiger partial charge in [-0.3, -0.25) is 14.9 Å². The number of halogens is 1. The Labute approximate surface area is 143 Å². The van der Waals surface area contributed by atoms with Crippen LogP contribution in [0.4, 0.5) is 10.1 Å². The Kier molecular flexibility index (Phi) is 5.61. The van der Waals surface area contributed by atoms with Crippen LogP contribution in [0.15, 0.2) is 54.6 Å². The van der Waals surface area contributed by atoms with Crippen molar-refractivity contribution in [1.29, 1.82) is 0 Å². The van der Waals surface area contributed by atoms with Gasteiger partial charge in [-0.15, -0.1) is 0 Å². The average Bonchev–Trinajstić information content (AvgIpc) is 2.59. The molecule has 0 aromatic heterocycles. The van der Waals surface area contributed by atoms with Gasteiger partial charge in [0, 0.05) is 18.2 Å². The summed E-state index contributed by atoms with van der Waals surface area (Å²) < 4.78 is 12.9. The minimum atomic E-state index is -1.36. The molecule has 130 valence electrons. The quantitative estimate of drug-likeness (QED) is 0.479. The monoisotopic (exact) mass is 344 g/mol. The number of rotatable bonds is 6. The summed E-state index contributed by atoms with van der Waals surface area (Å²) in [6.45, 7) is 1.43. The lowest BCUT2D eigenvalue weighted by molar-refractivity contribution is -0.384. The van der Waals surface area contributed by atoms with E-state index >= 15 is 0 Å². The second kappa shape index (κ2) is 7.67. The van der Waals surface area contributed by atoms with Gasteiger partial charge in [0.15, 0.2) is 0 Å². The Morgan fingerprint density at radius 1 is 1.32 bits per heavy atom. The molecule has 2 rings (SSSR count). The Morgan fingerprint density at radius 2 is 2.00 bits per heavy atom. The molecule has 0 saturated carbocycles. The summed E-state index contributed by atoms with van der Waals surface area (Å²) in [4.78, 5) is 22.1. The second-order valence-electron chi connectivity index (χ2n) is 5.68. The van der Waals surface area contributed by atoms with Crippen molar-refractivity contribution >= 4 is 17.7 Å². The molecule has 0 aliphatic carbocycles. The van der Waals surface area contributed by atoms with Gasteiger partial charge in [0.1, 0.15) is 11.4 Å². The van der Waals surface area contributed by atoms with Gasteiger partial charge in [-0.2, -0.15) is 0 Å². The third-order valence-corrected chi connectivity index (χ3v) is 3.58. The SMILES string of the molecule is CC(O)(CNC(=O)/C=C/c1cccc([N+](=O)[O-])c1)c1ccc(F)cc1. The van der Waals surface area contributed by atoms with Crippen molar-refractivity contribution in [2.24, 2.45) is 0 Å². The van der Waals surface area contributed by atoms with Crippen LogP contribution < -0.4 is 5.32 Å². The second-order valence-corrected chi connectivity index (χ2v) is 5.68. The number of benzene rings is 2. The molecule has 25 heavy (non-hydrogen) atoms. The van der Waals surface area contributed by atoms with Gasteiger partial charge in [-0.25, -0.2) is 4.39 Å². The number of non-ortho nitro benzene ring substituents is 1. The molecular weight excluding hydrogens is 327 g/mol. The fraction of sp³-hybridized carbons (Fsp3) is 0.167. The largest absolute Gasteiger partial charge is 0.384 e. The predicted octanol–water partition coefficient (Wildman–Crippen LogP) is 2.77. The molecule has 1 unspecified atom stereocenters. The number of hydrogen-bond donors (Lipinski definition) is 2. The first kappa shape index (κ1) is 18.3. The van der Waals surface area contributed by atoms with Crippen LogP contribution in [0.5, 0.6) is 0 Å². The van der Waals surface area contributed by atoms with Crippen LogP contribution in [0.3, 0.4) is 0 Å². The summed E-state index contributed by atoms with van der Waals surface area (Å²) in [5, 5.41) is 23.6. The summed E-state index contributed by atoms with van der Waals surface area (Å²) in [6.07, 6.45) is 2.66. The van der Waals surface area contributed by atoms with Crippen LogP contribution in [0.1, 0.15) is 18.1 Å². The first-order valence-corrected chi connectivity index (χ1v) is 7.47. The normalized spacial score (nSPS) is 13.4. The molecule has 6 nitrogen and oxygen atoms in total. The number of nitro groups is 1. The molecule has 0 radical (unpaired) electrons. The summed E-state index contributed by atoms with van der Waals surface area (Å²) in [5.41, 5.74) is -0.448. The van der Waals surface area contributed by atoms with Crippen LogP contribution in [0.2, 0.25) is 0 Å². The number of nitrogens with one attached hydrogen (secondary N) is 1. The fourth-order valence-electron chi connectivity index (χ4n) is 2.14. The molecule has 2 N–H and O–H groups in total. The molecule has 0 saturated heterocycles. The van der Waals surface area contributed by atoms with E-state index in [9.17, 15) is 24.4 Å². The molecule has 2 aromatic carbocycles. The highest BCUT2D eigenvalue weighted by Gasteiger charge is 2.23. The van der Waals surface area contributed by atoms with Gasteiger partial charge in [0.2, 0.25) is 5.91 Å². The van der Waals surface area contributed by atoms with E-state index in [1.807, 2.05) is 0 Å². The maximum absolute atomic E-state index is 12.9. The Hall–Kier alpha value is -3.06. The Balaban J connectivity index is 1.97. The first-order valence-electron chi connectivity index (χ1n) is 7.47. The highest BCUT2D eigenvalue weighted by molar-refractivity contribution is 5.91. The number of hydrogen-bond acceptors (Lipinski definition) is 4. The molecule has 0 bridgehead atoms. The lowest BCUT2D eigenvalue weighted by atomic mass is 9.96. The van der Waals surface area contributed by atoms with Gasteiger partial charge in [0.05, 0.1) is 11.5 Å². The van der Waals surface area contributed by atoms with Crippen molar-refractivity contribution in [3.8, 4) is 0 Å². The van der Waals surface area contributed by atoms with E-state index in [0.717, 1.165) is 0 Å². The maximum atomic E-state index is 12.9. The van der Waals surface area contributed by atoms with Gasteiger partial charge >= 0.3 is 0 Å². The zero-order valence-electron chi connectivity index (χ0n) is 13.5. The molecular formula is C18H17FN2O4. The molecule has 0 aliphatic rings. The lowest BCUT2D eigenvalue weighted by Gasteiger charge is -2.23. The standard InChI is InChI=1S/C18H17FN2O4/c1-18(23,14-6-8-15(19)9-7-14)12-20-17(22)10-5-13-3-2-4-16(11-13)21(24)25/h2-11,23H,12H2,1H3,(H,20,22)/b10-5+. The first-order chi connectivity index (χ1) is 11.8. The number of carbonyl (C=O) groups excluding carboxylic acids is 1. The van der Waals surface area contributed by atoms with Crippen LogP contribution in [-0.2, 0) is 10.4 Å². The molecule has 1 atom stereocenters. The minimum absolute atomic E-state index is 0.0678. The van der Waals surface area contributed by atoms with Crippen LogP contribution in [0, 0.1) is 15.9 Å². The van der Waals surface area contributed by atoms with Crippen molar-refractivity contribution in [3.63, 3.8) is 0 Å². The van der Waals surface area contributed by atoms with E-state index in [-0.39, 0.29) is 12.2 Å². The van der Waals surface area contributed by atoms with Gasteiger partial charge in [-0.1, -0.05) is 24.3 Å². The fourth-order valence-corrected chi connectivity index (χ4v) is 2.14. The van der Waals surface area contributed by atoms with Gasteiger partial charge in [-0.05, 0) is 36.3 Å². The van der Waals surface area contributed by atoms with Crippen molar-refractivity contribution in [1.82, 2.24) is 5.32 Å². The molecule has 0 fully saturated rings. The number of amides is 1. The summed E-state index contributed by atoms with van der Waals surface area (Å²) in [7, 11) is 0. The molecule has 2 aromatic rings. The highest BCUT2D eigenvalue weighted by Crippen LogP contribution is 2.20. The third-order valence-electron chi connectivity index (χ3n) is 3.58. The van der Waals surface area contributed by atoms with Crippen LogP contribution >= 0.6 is 0 Å². The number of aliphatic hydroxyl groups is 1. The van der Waals surface area contributed by atoms with Crippen molar-refractivity contribution in [3.05, 3.63) is 81.7 Å². The lowest BCUT2D eigenvalue weighted by Crippen LogP contribution is -2.37. The van der Waals surface area contributed by atoms with Crippen molar-refractivity contribution < 1.29 is 19.2 Å². The molecule has 0 aliphatic heterocycles. The van der Waals surface area contributed by atoms with E-state index < -0.39 is 22.2 Å². The Bertz CT molecular complexity index is 801. The zero-order valence-corrected chi connectivity index (χ0v) is 13.5. The van der Waals surface area contributed by atoms with Crippen molar-refractivity contribution in [2.75, 3.05) is 6.54 Å². The number of carbonyl (C=O) groups is 1.